The first kappa shape index (κ1) is 14.7. The van der Waals surface area contributed by atoms with Gasteiger partial charge in [-0.3, -0.25) is 9.89 Å². The highest BCUT2D eigenvalue weighted by molar-refractivity contribution is 5.92. The van der Waals surface area contributed by atoms with Crippen molar-refractivity contribution in [1.82, 2.24) is 15.1 Å². The molecule has 1 unspecified atom stereocenters. The summed E-state index contributed by atoms with van der Waals surface area (Å²) in [5.41, 5.74) is 1.16. The van der Waals surface area contributed by atoms with Gasteiger partial charge in [-0.1, -0.05) is 27.7 Å². The molecule has 0 bridgehead atoms. The van der Waals surface area contributed by atoms with Crippen LogP contribution in [0.1, 0.15) is 43.9 Å². The predicted octanol–water partition coefficient (Wildman–Crippen LogP) is 1.45. The molecule has 0 aliphatic heterocycles. The molecule has 1 rings (SSSR count). The number of aromatic amines is 1. The van der Waals surface area contributed by atoms with Gasteiger partial charge in [0.25, 0.3) is 5.91 Å². The van der Waals surface area contributed by atoms with E-state index >= 15 is 0 Å². The third kappa shape index (κ3) is 3.10. The maximum Gasteiger partial charge on any atom is 0.274 e. The van der Waals surface area contributed by atoms with E-state index in [9.17, 15) is 9.90 Å². The zero-order chi connectivity index (χ0) is 13.9. The summed E-state index contributed by atoms with van der Waals surface area (Å²) in [5.74, 6) is -0.167. The Morgan fingerprint density at radius 2 is 2.17 bits per heavy atom. The lowest BCUT2D eigenvalue weighted by molar-refractivity contribution is 0.0428. The summed E-state index contributed by atoms with van der Waals surface area (Å²) in [6, 6.07) is 1.53. The van der Waals surface area contributed by atoms with Gasteiger partial charge in [0.15, 0.2) is 0 Å². The van der Waals surface area contributed by atoms with Crippen molar-refractivity contribution in [3.63, 3.8) is 0 Å². The third-order valence-corrected chi connectivity index (χ3v) is 3.19. The molecule has 1 atom stereocenters. The fraction of sp³-hybridized carbons (Fsp3) is 0.692. The molecular weight excluding hydrogens is 230 g/mol. The highest BCUT2D eigenvalue weighted by Crippen LogP contribution is 2.24. The van der Waals surface area contributed by atoms with Crippen molar-refractivity contribution in [2.45, 2.75) is 40.2 Å². The zero-order valence-corrected chi connectivity index (χ0v) is 11.8. The number of aliphatic hydroxyl groups excluding tert-OH is 1. The van der Waals surface area contributed by atoms with E-state index in [0.717, 1.165) is 12.1 Å². The van der Waals surface area contributed by atoms with Crippen LogP contribution in [0.15, 0.2) is 6.07 Å². The number of H-pyrrole nitrogens is 1. The number of carbonyl (C=O) groups excluding carboxylic acids is 1. The summed E-state index contributed by atoms with van der Waals surface area (Å²) in [6.07, 6.45) is 0.812. The molecule has 0 saturated heterocycles. The van der Waals surface area contributed by atoms with Gasteiger partial charge in [-0.05, 0) is 17.9 Å². The molecule has 102 valence electrons. The lowest BCUT2D eigenvalue weighted by Gasteiger charge is -2.36. The van der Waals surface area contributed by atoms with Gasteiger partial charge in [0.05, 0.1) is 12.6 Å². The Labute approximate surface area is 108 Å². The molecule has 1 aromatic rings. The standard InChI is InChI=1S/C13H23N3O2/c1-6-9-7-10(15-14-9)12(18)16(5)11(8-17)13(2,3)4/h7,11,17H,6,8H2,1-5H3,(H,14,15). The van der Waals surface area contributed by atoms with Crippen LogP contribution in [0.25, 0.3) is 0 Å². The number of hydrogen-bond acceptors (Lipinski definition) is 3. The molecule has 5 heteroatoms. The number of nitrogens with one attached hydrogen (secondary N) is 1. The fourth-order valence-corrected chi connectivity index (χ4v) is 1.95. The van der Waals surface area contributed by atoms with Gasteiger partial charge in [-0.15, -0.1) is 0 Å². The van der Waals surface area contributed by atoms with Crippen molar-refractivity contribution in [3.05, 3.63) is 17.5 Å². The lowest BCUT2D eigenvalue weighted by Crippen LogP contribution is -2.47. The third-order valence-electron chi connectivity index (χ3n) is 3.19. The number of aliphatic hydroxyl groups is 1. The van der Waals surface area contributed by atoms with Crippen molar-refractivity contribution in [3.8, 4) is 0 Å². The minimum absolute atomic E-state index is 0.0587. The Hall–Kier alpha value is -1.36. The lowest BCUT2D eigenvalue weighted by atomic mass is 9.86. The molecule has 5 nitrogen and oxygen atoms in total. The number of aromatic nitrogens is 2. The van der Waals surface area contributed by atoms with Crippen LogP contribution in [0.5, 0.6) is 0 Å². The van der Waals surface area contributed by atoms with Gasteiger partial charge in [-0.2, -0.15) is 5.10 Å². The topological polar surface area (TPSA) is 69.2 Å². The molecule has 0 saturated carbocycles. The number of amides is 1. The molecule has 0 radical (unpaired) electrons. The quantitative estimate of drug-likeness (QED) is 0.853. The first-order valence-electron chi connectivity index (χ1n) is 6.23. The monoisotopic (exact) mass is 253 g/mol. The van der Waals surface area contributed by atoms with E-state index in [1.165, 1.54) is 0 Å². The highest BCUT2D eigenvalue weighted by atomic mass is 16.3. The van der Waals surface area contributed by atoms with Gasteiger partial charge >= 0.3 is 0 Å². The largest absolute Gasteiger partial charge is 0.394 e. The van der Waals surface area contributed by atoms with E-state index in [2.05, 4.69) is 10.2 Å². The van der Waals surface area contributed by atoms with E-state index in [0.29, 0.717) is 5.69 Å². The fourth-order valence-electron chi connectivity index (χ4n) is 1.95. The molecule has 0 aliphatic carbocycles. The van der Waals surface area contributed by atoms with Gasteiger partial charge in [0.1, 0.15) is 5.69 Å². The van der Waals surface area contributed by atoms with E-state index < -0.39 is 0 Å². The Balaban J connectivity index is 2.89. The molecule has 18 heavy (non-hydrogen) atoms. The van der Waals surface area contributed by atoms with E-state index in [4.69, 9.17) is 0 Å². The summed E-state index contributed by atoms with van der Waals surface area (Å²) in [7, 11) is 1.70. The number of aryl methyl sites for hydroxylation is 1. The smallest absolute Gasteiger partial charge is 0.274 e. The van der Waals surface area contributed by atoms with Gasteiger partial charge in [0.2, 0.25) is 0 Å². The Morgan fingerprint density at radius 1 is 1.56 bits per heavy atom. The van der Waals surface area contributed by atoms with Crippen LogP contribution in [0.2, 0.25) is 0 Å². The zero-order valence-electron chi connectivity index (χ0n) is 11.8. The number of carbonyl (C=O) groups is 1. The van der Waals surface area contributed by atoms with Gasteiger partial charge < -0.3 is 10.0 Å². The summed E-state index contributed by atoms with van der Waals surface area (Å²) in [6.45, 7) is 7.94. The number of rotatable bonds is 4. The Morgan fingerprint density at radius 3 is 2.56 bits per heavy atom. The van der Waals surface area contributed by atoms with E-state index in [-0.39, 0.29) is 24.0 Å². The summed E-state index contributed by atoms with van der Waals surface area (Å²) in [5, 5.41) is 16.3. The van der Waals surface area contributed by atoms with E-state index in [1.54, 1.807) is 18.0 Å². The van der Waals surface area contributed by atoms with Crippen LogP contribution < -0.4 is 0 Å². The van der Waals surface area contributed by atoms with Gasteiger partial charge in [-0.25, -0.2) is 0 Å². The van der Waals surface area contributed by atoms with Crippen LogP contribution in [0.3, 0.4) is 0 Å². The highest BCUT2D eigenvalue weighted by Gasteiger charge is 2.31. The van der Waals surface area contributed by atoms with Crippen LogP contribution in [0.4, 0.5) is 0 Å². The van der Waals surface area contributed by atoms with Crippen molar-refractivity contribution >= 4 is 5.91 Å². The molecule has 0 aliphatic rings. The number of hydrogen-bond donors (Lipinski definition) is 2. The first-order chi connectivity index (χ1) is 8.31. The van der Waals surface area contributed by atoms with E-state index in [1.807, 2.05) is 27.7 Å². The number of nitrogens with zero attached hydrogens (tertiary/aromatic N) is 2. The van der Waals surface area contributed by atoms with Gasteiger partial charge in [0, 0.05) is 12.7 Å². The Kier molecular flexibility index (Phi) is 4.51. The molecule has 1 aromatic heterocycles. The van der Waals surface area contributed by atoms with Crippen LogP contribution in [-0.4, -0.2) is 45.8 Å². The molecule has 0 fully saturated rings. The van der Waals surface area contributed by atoms with Crippen LogP contribution in [0, 0.1) is 5.41 Å². The summed E-state index contributed by atoms with van der Waals surface area (Å²) < 4.78 is 0. The Bertz CT molecular complexity index is 407. The number of likely N-dealkylation sites (N-methyl/N-ethyl adjacent to an activating group) is 1. The maximum absolute atomic E-state index is 12.3. The first-order valence-corrected chi connectivity index (χ1v) is 6.23. The van der Waals surface area contributed by atoms with Crippen LogP contribution >= 0.6 is 0 Å². The van der Waals surface area contributed by atoms with Crippen molar-refractivity contribution in [2.75, 3.05) is 13.7 Å². The molecule has 2 N–H and O–H groups in total. The molecular formula is C13H23N3O2. The normalized spacial score (nSPS) is 13.4. The average Bonchev–Trinajstić information content (AvgIpc) is 2.75. The predicted molar refractivity (Wildman–Crippen MR) is 70.4 cm³/mol. The van der Waals surface area contributed by atoms with Crippen LogP contribution in [-0.2, 0) is 6.42 Å². The minimum atomic E-state index is -0.230. The maximum atomic E-state index is 12.3. The molecule has 1 heterocycles. The summed E-state index contributed by atoms with van der Waals surface area (Å²) >= 11 is 0. The van der Waals surface area contributed by atoms with Crippen molar-refractivity contribution in [2.24, 2.45) is 5.41 Å². The molecule has 1 amide bonds. The molecule has 0 spiro atoms. The summed E-state index contributed by atoms with van der Waals surface area (Å²) in [4.78, 5) is 13.8. The van der Waals surface area contributed by atoms with Crippen molar-refractivity contribution < 1.29 is 9.90 Å². The second-order valence-corrected chi connectivity index (χ2v) is 5.61. The van der Waals surface area contributed by atoms with Crippen molar-refractivity contribution in [1.29, 1.82) is 0 Å². The molecule has 0 aromatic carbocycles. The second kappa shape index (κ2) is 5.52. The average molecular weight is 253 g/mol. The second-order valence-electron chi connectivity index (χ2n) is 5.61. The minimum Gasteiger partial charge on any atom is -0.394 e. The SMILES string of the molecule is CCc1cc(C(=O)N(C)C(CO)C(C)(C)C)n[nH]1.